The highest BCUT2D eigenvalue weighted by Crippen LogP contribution is 2.24. The van der Waals surface area contributed by atoms with Gasteiger partial charge in [0.1, 0.15) is 48.3 Å². The van der Waals surface area contributed by atoms with E-state index in [0.29, 0.717) is 55.0 Å². The number of para-hydroxylation sites is 4. The fraction of sp³-hybridized carbons (Fsp3) is 0.286. The molecule has 0 aliphatic heterocycles. The zero-order chi connectivity index (χ0) is 57.7. The lowest BCUT2D eigenvalue weighted by molar-refractivity contribution is -0.142. The predicted octanol–water partition coefficient (Wildman–Crippen LogP) is -1.34. The van der Waals surface area contributed by atoms with Crippen LogP contribution in [0.1, 0.15) is 22.3 Å². The minimum Gasteiger partial charge on any atom is -0.480 e. The Morgan fingerprint density at radius 2 is 0.580 bits per heavy atom. The van der Waals surface area contributed by atoms with E-state index in [4.69, 9.17) is 5.73 Å². The maximum Gasteiger partial charge on any atom is 0.326 e. The van der Waals surface area contributed by atoms with Crippen LogP contribution in [-0.2, 0) is 64.0 Å². The molecule has 4 heterocycles. The van der Waals surface area contributed by atoms with Gasteiger partial charge in [0.05, 0.1) is 26.4 Å². The minimum atomic E-state index is -1.78. The summed E-state index contributed by atoms with van der Waals surface area (Å²) in [5.74, 6) is -8.47. The van der Waals surface area contributed by atoms with Crippen LogP contribution in [-0.4, -0.2) is 168 Å². The van der Waals surface area contributed by atoms with Gasteiger partial charge in [0, 0.05) is 94.1 Å². The lowest BCUT2D eigenvalue weighted by Crippen LogP contribution is -2.62. The number of hydrogen-bond donors (Lipinski definition) is 17. The number of benzene rings is 4. The quantitative estimate of drug-likeness (QED) is 0.0284. The smallest absolute Gasteiger partial charge is 0.326 e. The number of nitrogens with two attached hydrogens (primary N) is 1. The van der Waals surface area contributed by atoms with E-state index in [9.17, 15) is 63.9 Å². The third kappa shape index (κ3) is 13.9. The van der Waals surface area contributed by atoms with Gasteiger partial charge in [-0.05, 0) is 46.5 Å². The topological polar surface area (TPSA) is 411 Å². The number of aliphatic hydroxyl groups is 4. The predicted molar refractivity (Wildman–Crippen MR) is 295 cm³/mol. The lowest BCUT2D eigenvalue weighted by atomic mass is 10.0. The summed E-state index contributed by atoms with van der Waals surface area (Å²) in [7, 11) is 0. The normalized spacial score (nSPS) is 14.4. The molecule has 81 heavy (non-hydrogen) atoms. The average molecular weight is 1110 g/mol. The summed E-state index contributed by atoms with van der Waals surface area (Å²) in [4.78, 5) is 123. The van der Waals surface area contributed by atoms with Gasteiger partial charge in [-0.2, -0.15) is 0 Å². The number of aliphatic carboxylic acids is 1. The number of carbonyl (C=O) groups excluding carboxylic acids is 7. The Morgan fingerprint density at radius 3 is 0.852 bits per heavy atom. The van der Waals surface area contributed by atoms with Crippen LogP contribution in [0.15, 0.2) is 122 Å². The molecule has 7 amide bonds. The SMILES string of the molecule is N[C@@H](CO)C(=O)N[C@@H](CO)C(=O)N[C@@H](CO)C(=O)N[C@@H](Cc1c[nH]c2ccccc12)C(=O)N[C@@H](Cc1c[nH]c2ccccc12)C(=O)N[C@@H](CO)C(=O)N[C@@H](Cc1c[nH]c2ccccc12)C(=O)N[C@@H](Cc1c[nH]c2ccccc12)C(=O)O. The Kier molecular flexibility index (Phi) is 18.9. The number of amides is 7. The van der Waals surface area contributed by atoms with Crippen molar-refractivity contribution in [3.05, 3.63) is 144 Å². The zero-order valence-electron chi connectivity index (χ0n) is 43.4. The third-order valence-electron chi connectivity index (χ3n) is 13.9. The molecule has 0 saturated heterocycles. The van der Waals surface area contributed by atoms with E-state index < -0.39 is 122 Å². The highest BCUT2D eigenvalue weighted by atomic mass is 16.4. The summed E-state index contributed by atoms with van der Waals surface area (Å²) in [5.41, 5.74) is 10.6. The summed E-state index contributed by atoms with van der Waals surface area (Å²) >= 11 is 0. The van der Waals surface area contributed by atoms with Crippen molar-refractivity contribution in [1.29, 1.82) is 0 Å². The van der Waals surface area contributed by atoms with Crippen molar-refractivity contribution in [2.45, 2.75) is 74.0 Å². The monoisotopic (exact) mass is 1110 g/mol. The molecule has 0 aliphatic rings. The minimum absolute atomic E-state index is 0.128. The number of carboxylic acids is 1. The second kappa shape index (κ2) is 26.5. The van der Waals surface area contributed by atoms with Crippen molar-refractivity contribution < 1.29 is 63.9 Å². The number of fused-ring (bicyclic) bond motifs is 4. The fourth-order valence-corrected chi connectivity index (χ4v) is 9.49. The number of aromatic amines is 4. The molecule has 4 aromatic carbocycles. The maximum absolute atomic E-state index is 14.8. The number of carbonyl (C=O) groups is 8. The van der Waals surface area contributed by atoms with Gasteiger partial charge in [-0.3, -0.25) is 33.6 Å². The Labute approximate surface area is 460 Å². The van der Waals surface area contributed by atoms with Crippen molar-refractivity contribution in [3.8, 4) is 0 Å². The van der Waals surface area contributed by atoms with Crippen LogP contribution in [0.25, 0.3) is 43.6 Å². The van der Waals surface area contributed by atoms with Gasteiger partial charge < -0.3 is 88.4 Å². The first-order valence-corrected chi connectivity index (χ1v) is 25.8. The highest BCUT2D eigenvalue weighted by Gasteiger charge is 2.36. The van der Waals surface area contributed by atoms with E-state index >= 15 is 0 Å². The van der Waals surface area contributed by atoms with Gasteiger partial charge in [0.25, 0.3) is 0 Å². The summed E-state index contributed by atoms with van der Waals surface area (Å²) in [5, 5.41) is 70.7. The molecule has 25 heteroatoms. The zero-order valence-corrected chi connectivity index (χ0v) is 43.4. The second-order valence-electron chi connectivity index (χ2n) is 19.4. The molecule has 0 bridgehead atoms. The van der Waals surface area contributed by atoms with Gasteiger partial charge in [-0.15, -0.1) is 0 Å². The van der Waals surface area contributed by atoms with Gasteiger partial charge in [-0.25, -0.2) is 4.79 Å². The summed E-state index contributed by atoms with van der Waals surface area (Å²) in [6.07, 6.45) is 5.73. The molecule has 8 atom stereocenters. The molecule has 0 aliphatic carbocycles. The molecule has 0 unspecified atom stereocenters. The Balaban J connectivity index is 1.05. The number of nitrogens with one attached hydrogen (secondary N) is 11. The van der Waals surface area contributed by atoms with Crippen LogP contribution in [0.5, 0.6) is 0 Å². The number of carboxylic acid groups (broad SMARTS) is 1. The first-order valence-electron chi connectivity index (χ1n) is 25.8. The van der Waals surface area contributed by atoms with E-state index in [2.05, 4.69) is 57.2 Å². The molecule has 0 fully saturated rings. The molecule has 4 aromatic heterocycles. The molecule has 424 valence electrons. The van der Waals surface area contributed by atoms with Crippen molar-refractivity contribution in [2.75, 3.05) is 26.4 Å². The summed E-state index contributed by atoms with van der Waals surface area (Å²) < 4.78 is 0. The number of aromatic nitrogens is 4. The molecule has 0 spiro atoms. The second-order valence-corrected chi connectivity index (χ2v) is 19.4. The Bertz CT molecular complexity index is 3570. The highest BCUT2D eigenvalue weighted by molar-refractivity contribution is 5.99. The van der Waals surface area contributed by atoms with Crippen molar-refractivity contribution in [2.24, 2.45) is 5.73 Å². The van der Waals surface area contributed by atoms with Crippen LogP contribution in [0.2, 0.25) is 0 Å². The molecule has 8 rings (SSSR count). The molecule has 0 saturated carbocycles. The molecule has 0 radical (unpaired) electrons. The van der Waals surface area contributed by atoms with Crippen LogP contribution < -0.4 is 43.0 Å². The maximum atomic E-state index is 14.8. The fourth-order valence-electron chi connectivity index (χ4n) is 9.49. The largest absolute Gasteiger partial charge is 0.480 e. The molecule has 18 N–H and O–H groups in total. The molecule has 8 aromatic rings. The van der Waals surface area contributed by atoms with E-state index in [0.717, 1.165) is 10.9 Å². The molecular formula is C56H62N12O13. The molecule has 25 nitrogen and oxygen atoms in total. The van der Waals surface area contributed by atoms with Crippen LogP contribution in [0, 0.1) is 0 Å². The van der Waals surface area contributed by atoms with Crippen LogP contribution in [0.4, 0.5) is 0 Å². The standard InChI is InChI=1S/C56H62N12O13/c57-37(25-69)49(73)66-46(26-70)55(79)68-48(28-72)54(78)63-42(17-29-21-58-38-13-5-1-9-33(29)38)50(74)62-44(19-31-23-60-40-15-7-3-11-35(31)40)52(76)67-47(27-71)53(77)64-43(18-30-22-59-39-14-6-2-10-34(30)39)51(75)65-45(56(80)81)20-32-24-61-41-16-8-4-12-36(32)41/h1-16,21-24,37,42-48,58-61,69-72H,17-20,25-28,57H2,(H,62,74)(H,63,78)(H,64,77)(H,65,75)(H,66,73)(H,67,76)(H,68,79)(H,80,81)/t37-,42-,43-,44-,45-,46-,47-,48-/m0/s1. The van der Waals surface area contributed by atoms with E-state index in [1.54, 1.807) is 104 Å². The van der Waals surface area contributed by atoms with Crippen molar-refractivity contribution in [1.82, 2.24) is 57.2 Å². The number of aliphatic hydroxyl groups excluding tert-OH is 4. The van der Waals surface area contributed by atoms with Crippen LogP contribution in [0.3, 0.4) is 0 Å². The number of hydrogen-bond acceptors (Lipinski definition) is 13. The Hall–Kier alpha value is -9.40. The third-order valence-corrected chi connectivity index (χ3v) is 13.9. The average Bonchev–Trinajstić information content (AvgIpc) is 4.48. The van der Waals surface area contributed by atoms with Crippen molar-refractivity contribution in [3.63, 3.8) is 0 Å². The number of H-pyrrole nitrogens is 4. The van der Waals surface area contributed by atoms with E-state index in [-0.39, 0.29) is 25.7 Å². The Morgan fingerprint density at radius 1 is 0.346 bits per heavy atom. The van der Waals surface area contributed by atoms with Gasteiger partial charge >= 0.3 is 5.97 Å². The van der Waals surface area contributed by atoms with Gasteiger partial charge in [0.2, 0.25) is 41.4 Å². The molecular weight excluding hydrogens is 1050 g/mol. The lowest BCUT2D eigenvalue weighted by Gasteiger charge is -2.27. The van der Waals surface area contributed by atoms with Gasteiger partial charge in [-0.1, -0.05) is 72.8 Å². The summed E-state index contributed by atoms with van der Waals surface area (Å²) in [6, 6.07) is 15.8. The first-order chi connectivity index (χ1) is 39.1. The van der Waals surface area contributed by atoms with Gasteiger partial charge in [0.15, 0.2) is 0 Å². The summed E-state index contributed by atoms with van der Waals surface area (Å²) in [6.45, 7) is -3.81. The number of rotatable bonds is 27. The van der Waals surface area contributed by atoms with Crippen LogP contribution >= 0.6 is 0 Å². The first kappa shape index (κ1) is 57.8. The van der Waals surface area contributed by atoms with E-state index in [1.165, 1.54) is 0 Å². The van der Waals surface area contributed by atoms with E-state index in [1.807, 2.05) is 18.2 Å². The van der Waals surface area contributed by atoms with Crippen molar-refractivity contribution >= 4 is 90.9 Å².